The van der Waals surface area contributed by atoms with Crippen molar-refractivity contribution in [2.45, 2.75) is 33.1 Å². The molecule has 0 radical (unpaired) electrons. The van der Waals surface area contributed by atoms with E-state index in [1.165, 1.54) is 11.1 Å². The minimum absolute atomic E-state index is 0.817. The lowest BCUT2D eigenvalue weighted by Crippen LogP contribution is -2.00. The molecule has 0 aliphatic carbocycles. The Morgan fingerprint density at radius 3 is 3.13 bits per heavy atom. The molecular formula is C13H17NO. The highest BCUT2D eigenvalue weighted by atomic mass is 16.5. The van der Waals surface area contributed by atoms with Crippen molar-refractivity contribution in [3.8, 4) is 0 Å². The second kappa shape index (κ2) is 4.47. The minimum atomic E-state index is 0.817. The maximum absolute atomic E-state index is 5.74. The number of aryl methyl sites for hydroxylation is 2. The standard InChI is InChI=1S/C13H17NO/c1-3-11-13-10(7-8-14-11)6-5-9-15-12(13)4-2/h4,7-8H,3,5-6,9H2,1-2H3/b12-4+. The van der Waals surface area contributed by atoms with Crippen LogP contribution in [-0.2, 0) is 17.6 Å². The van der Waals surface area contributed by atoms with Gasteiger partial charge in [-0.25, -0.2) is 0 Å². The fourth-order valence-electron chi connectivity index (χ4n) is 2.07. The SMILES string of the molecule is C/C=C1/OCCCc2ccnc(CC)c21. The van der Waals surface area contributed by atoms with Gasteiger partial charge in [-0.15, -0.1) is 0 Å². The highest BCUT2D eigenvalue weighted by Crippen LogP contribution is 2.27. The Balaban J connectivity index is 2.56. The molecule has 0 amide bonds. The van der Waals surface area contributed by atoms with Gasteiger partial charge in [0.1, 0.15) is 5.76 Å². The maximum Gasteiger partial charge on any atom is 0.124 e. The predicted molar refractivity (Wildman–Crippen MR) is 61.5 cm³/mol. The van der Waals surface area contributed by atoms with Gasteiger partial charge < -0.3 is 4.74 Å². The lowest BCUT2D eigenvalue weighted by Gasteiger charge is -2.12. The molecule has 0 aromatic carbocycles. The fourth-order valence-corrected chi connectivity index (χ4v) is 2.07. The average molecular weight is 203 g/mol. The number of nitrogens with zero attached hydrogens (tertiary/aromatic N) is 1. The normalized spacial score (nSPS) is 18.1. The topological polar surface area (TPSA) is 22.1 Å². The fraction of sp³-hybridized carbons (Fsp3) is 0.462. The van der Waals surface area contributed by atoms with Crippen LogP contribution in [0, 0.1) is 0 Å². The summed E-state index contributed by atoms with van der Waals surface area (Å²) in [6, 6.07) is 2.12. The second-order valence-corrected chi connectivity index (χ2v) is 3.75. The molecule has 2 nitrogen and oxygen atoms in total. The van der Waals surface area contributed by atoms with Crippen molar-refractivity contribution in [3.05, 3.63) is 35.2 Å². The van der Waals surface area contributed by atoms with Gasteiger partial charge >= 0.3 is 0 Å². The van der Waals surface area contributed by atoms with Crippen LogP contribution in [0.1, 0.15) is 37.1 Å². The molecule has 0 atom stereocenters. The van der Waals surface area contributed by atoms with Gasteiger partial charge in [-0.2, -0.15) is 0 Å². The number of ether oxygens (including phenoxy) is 1. The van der Waals surface area contributed by atoms with Crippen LogP contribution >= 0.6 is 0 Å². The van der Waals surface area contributed by atoms with E-state index in [0.717, 1.165) is 37.3 Å². The maximum atomic E-state index is 5.74. The van der Waals surface area contributed by atoms with Gasteiger partial charge in [-0.05, 0) is 43.9 Å². The lowest BCUT2D eigenvalue weighted by atomic mass is 10.0. The Labute approximate surface area is 91.0 Å². The molecule has 0 saturated heterocycles. The average Bonchev–Trinajstić information content (AvgIpc) is 2.50. The van der Waals surface area contributed by atoms with Gasteiger partial charge in [0.15, 0.2) is 0 Å². The van der Waals surface area contributed by atoms with Crippen molar-refractivity contribution in [2.24, 2.45) is 0 Å². The van der Waals surface area contributed by atoms with Gasteiger partial charge in [0.05, 0.1) is 12.3 Å². The Bertz CT molecular complexity index is 382. The first-order valence-electron chi connectivity index (χ1n) is 5.63. The van der Waals surface area contributed by atoms with Crippen molar-refractivity contribution < 1.29 is 4.74 Å². The van der Waals surface area contributed by atoms with Crippen molar-refractivity contribution in [1.29, 1.82) is 0 Å². The summed E-state index contributed by atoms with van der Waals surface area (Å²) >= 11 is 0. The summed E-state index contributed by atoms with van der Waals surface area (Å²) < 4.78 is 5.74. The Morgan fingerprint density at radius 2 is 2.40 bits per heavy atom. The van der Waals surface area contributed by atoms with Crippen LogP contribution in [0.5, 0.6) is 0 Å². The third-order valence-electron chi connectivity index (χ3n) is 2.81. The molecule has 2 heteroatoms. The Morgan fingerprint density at radius 1 is 1.53 bits per heavy atom. The molecule has 1 aromatic rings. The summed E-state index contributed by atoms with van der Waals surface area (Å²) in [5.74, 6) is 1.01. The van der Waals surface area contributed by atoms with Crippen LogP contribution in [0.25, 0.3) is 5.76 Å². The summed E-state index contributed by atoms with van der Waals surface area (Å²) in [6.07, 6.45) is 7.12. The molecule has 0 saturated carbocycles. The molecule has 0 spiro atoms. The molecule has 80 valence electrons. The summed E-state index contributed by atoms with van der Waals surface area (Å²) in [5, 5.41) is 0. The molecule has 1 aliphatic rings. The van der Waals surface area contributed by atoms with E-state index in [0.29, 0.717) is 0 Å². The summed E-state index contributed by atoms with van der Waals surface area (Å²) in [7, 11) is 0. The number of hydrogen-bond acceptors (Lipinski definition) is 2. The van der Waals surface area contributed by atoms with E-state index in [9.17, 15) is 0 Å². The van der Waals surface area contributed by atoms with Crippen molar-refractivity contribution >= 4 is 5.76 Å². The van der Waals surface area contributed by atoms with Crippen molar-refractivity contribution in [2.75, 3.05) is 6.61 Å². The van der Waals surface area contributed by atoms with Crippen LogP contribution < -0.4 is 0 Å². The van der Waals surface area contributed by atoms with Crippen LogP contribution in [0.15, 0.2) is 18.3 Å². The summed E-state index contributed by atoms with van der Waals surface area (Å²) in [6.45, 7) is 4.98. The Hall–Kier alpha value is -1.31. The van der Waals surface area contributed by atoms with Crippen LogP contribution in [0.4, 0.5) is 0 Å². The summed E-state index contributed by atoms with van der Waals surface area (Å²) in [4.78, 5) is 4.43. The third kappa shape index (κ3) is 1.89. The molecule has 0 unspecified atom stereocenters. The van der Waals surface area contributed by atoms with E-state index < -0.39 is 0 Å². The zero-order valence-corrected chi connectivity index (χ0v) is 9.42. The third-order valence-corrected chi connectivity index (χ3v) is 2.81. The molecule has 2 rings (SSSR count). The quantitative estimate of drug-likeness (QED) is 0.700. The van der Waals surface area contributed by atoms with E-state index in [1.807, 2.05) is 19.2 Å². The molecule has 1 aliphatic heterocycles. The van der Waals surface area contributed by atoms with Gasteiger partial charge in [-0.3, -0.25) is 4.98 Å². The monoisotopic (exact) mass is 203 g/mol. The highest BCUT2D eigenvalue weighted by Gasteiger charge is 2.16. The van der Waals surface area contributed by atoms with E-state index >= 15 is 0 Å². The first-order chi connectivity index (χ1) is 7.36. The number of aromatic nitrogens is 1. The molecule has 2 heterocycles. The van der Waals surface area contributed by atoms with Crippen LogP contribution in [0.3, 0.4) is 0 Å². The molecular weight excluding hydrogens is 186 g/mol. The molecule has 0 bridgehead atoms. The van der Waals surface area contributed by atoms with E-state index in [2.05, 4.69) is 18.0 Å². The first-order valence-corrected chi connectivity index (χ1v) is 5.63. The number of fused-ring (bicyclic) bond motifs is 1. The zero-order chi connectivity index (χ0) is 10.7. The van der Waals surface area contributed by atoms with Crippen LogP contribution in [-0.4, -0.2) is 11.6 Å². The molecule has 0 N–H and O–H groups in total. The molecule has 0 fully saturated rings. The largest absolute Gasteiger partial charge is 0.493 e. The molecule has 15 heavy (non-hydrogen) atoms. The van der Waals surface area contributed by atoms with E-state index in [1.54, 1.807) is 0 Å². The highest BCUT2D eigenvalue weighted by molar-refractivity contribution is 5.65. The molecule has 1 aromatic heterocycles. The first kappa shape index (κ1) is 10.2. The predicted octanol–water partition coefficient (Wildman–Crippen LogP) is 2.97. The van der Waals surface area contributed by atoms with Crippen molar-refractivity contribution in [3.63, 3.8) is 0 Å². The smallest absolute Gasteiger partial charge is 0.124 e. The van der Waals surface area contributed by atoms with E-state index in [-0.39, 0.29) is 0 Å². The Kier molecular flexibility index (Phi) is 3.05. The zero-order valence-electron chi connectivity index (χ0n) is 9.42. The summed E-state index contributed by atoms with van der Waals surface area (Å²) in [5.41, 5.74) is 3.77. The van der Waals surface area contributed by atoms with Gasteiger partial charge in [0.2, 0.25) is 0 Å². The van der Waals surface area contributed by atoms with Gasteiger partial charge in [0, 0.05) is 11.8 Å². The lowest BCUT2D eigenvalue weighted by molar-refractivity contribution is 0.277. The number of allylic oxidation sites excluding steroid dienone is 1. The number of hydrogen-bond donors (Lipinski definition) is 0. The number of pyridine rings is 1. The number of rotatable bonds is 1. The van der Waals surface area contributed by atoms with Gasteiger partial charge in [-0.1, -0.05) is 6.92 Å². The minimum Gasteiger partial charge on any atom is -0.493 e. The van der Waals surface area contributed by atoms with Crippen LogP contribution in [0.2, 0.25) is 0 Å². The van der Waals surface area contributed by atoms with Crippen molar-refractivity contribution in [1.82, 2.24) is 4.98 Å². The second-order valence-electron chi connectivity index (χ2n) is 3.75. The van der Waals surface area contributed by atoms with E-state index in [4.69, 9.17) is 4.74 Å². The van der Waals surface area contributed by atoms with Gasteiger partial charge in [0.25, 0.3) is 0 Å².